The Labute approximate surface area is 198 Å². The maximum absolute atomic E-state index is 15.0. The van der Waals surface area contributed by atoms with Crippen molar-refractivity contribution in [3.05, 3.63) is 100 Å². The van der Waals surface area contributed by atoms with Crippen molar-refractivity contribution in [1.29, 1.82) is 0 Å². The van der Waals surface area contributed by atoms with Gasteiger partial charge in [-0.1, -0.05) is 36.4 Å². The van der Waals surface area contributed by atoms with E-state index in [0.29, 0.717) is 17.0 Å². The number of Topliss-reactive ketones (excluding diaryl/α,β-unsaturated/α-hetero) is 1. The van der Waals surface area contributed by atoms with E-state index in [9.17, 15) is 14.7 Å². The molecule has 0 aromatic heterocycles. The fourth-order valence-corrected chi connectivity index (χ4v) is 4.11. The van der Waals surface area contributed by atoms with Crippen molar-refractivity contribution >= 4 is 23.1 Å². The van der Waals surface area contributed by atoms with Gasteiger partial charge in [-0.05, 0) is 69.2 Å². The number of halogens is 1. The maximum Gasteiger partial charge on any atom is 0.300 e. The number of aliphatic hydroxyl groups is 1. The molecule has 1 N–H and O–H groups in total. The first-order chi connectivity index (χ1) is 16.2. The zero-order valence-electron chi connectivity index (χ0n) is 19.5. The lowest BCUT2D eigenvalue weighted by molar-refractivity contribution is -0.132. The predicted molar refractivity (Wildman–Crippen MR) is 129 cm³/mol. The molecular weight excluding hydrogens is 433 g/mol. The highest BCUT2D eigenvalue weighted by Crippen LogP contribution is 2.43. The van der Waals surface area contributed by atoms with E-state index in [2.05, 4.69) is 0 Å². The Balaban J connectivity index is 1.94. The van der Waals surface area contributed by atoms with Gasteiger partial charge in [-0.2, -0.15) is 0 Å². The summed E-state index contributed by atoms with van der Waals surface area (Å²) in [7, 11) is 0. The highest BCUT2D eigenvalue weighted by molar-refractivity contribution is 6.51. The van der Waals surface area contributed by atoms with Gasteiger partial charge in [0.25, 0.3) is 11.7 Å². The molecule has 0 spiro atoms. The minimum absolute atomic E-state index is 0.0915. The zero-order chi connectivity index (χ0) is 24.6. The summed E-state index contributed by atoms with van der Waals surface area (Å²) in [5.41, 5.74) is 2.65. The lowest BCUT2D eigenvalue weighted by Crippen LogP contribution is -2.30. The average molecular weight is 460 g/mol. The highest BCUT2D eigenvalue weighted by atomic mass is 19.1. The zero-order valence-corrected chi connectivity index (χ0v) is 19.5. The molecule has 0 radical (unpaired) electrons. The number of aliphatic hydroxyl groups excluding tert-OH is 1. The SMILES string of the molecule is Cc1ccc(N2C(=O)C(=O)/C(=C(/O)c3cccc(OC(C)C)c3)C2c2ccccc2F)cc1C. The molecule has 1 heterocycles. The van der Waals surface area contributed by atoms with Crippen LogP contribution in [0.3, 0.4) is 0 Å². The van der Waals surface area contributed by atoms with Gasteiger partial charge in [0.2, 0.25) is 0 Å². The molecule has 0 saturated carbocycles. The Morgan fingerprint density at radius 3 is 2.38 bits per heavy atom. The Hall–Kier alpha value is -3.93. The van der Waals surface area contributed by atoms with Crippen molar-refractivity contribution in [3.63, 3.8) is 0 Å². The van der Waals surface area contributed by atoms with Crippen LogP contribution in [0.5, 0.6) is 5.75 Å². The van der Waals surface area contributed by atoms with Crippen molar-refractivity contribution in [1.82, 2.24) is 0 Å². The third-order valence-electron chi connectivity index (χ3n) is 5.89. The number of ketones is 1. The molecule has 4 rings (SSSR count). The lowest BCUT2D eigenvalue weighted by Gasteiger charge is -2.26. The van der Waals surface area contributed by atoms with Gasteiger partial charge >= 0.3 is 0 Å². The molecule has 34 heavy (non-hydrogen) atoms. The molecule has 1 aliphatic rings. The molecule has 3 aromatic carbocycles. The van der Waals surface area contributed by atoms with E-state index in [1.165, 1.54) is 23.1 Å². The monoisotopic (exact) mass is 459 g/mol. The van der Waals surface area contributed by atoms with Crippen LogP contribution < -0.4 is 9.64 Å². The minimum atomic E-state index is -1.13. The lowest BCUT2D eigenvalue weighted by atomic mass is 9.94. The average Bonchev–Trinajstić information content (AvgIpc) is 3.05. The number of anilines is 1. The second-order valence-corrected chi connectivity index (χ2v) is 8.65. The van der Waals surface area contributed by atoms with Crippen molar-refractivity contribution < 1.29 is 23.8 Å². The summed E-state index contributed by atoms with van der Waals surface area (Å²) in [6.45, 7) is 7.58. The minimum Gasteiger partial charge on any atom is -0.507 e. The number of benzene rings is 3. The third-order valence-corrected chi connectivity index (χ3v) is 5.89. The molecule has 6 heteroatoms. The van der Waals surface area contributed by atoms with E-state index in [1.807, 2.05) is 33.8 Å². The Kier molecular flexibility index (Phi) is 6.24. The fraction of sp³-hybridized carbons (Fsp3) is 0.214. The predicted octanol–water partition coefficient (Wildman–Crippen LogP) is 5.86. The van der Waals surface area contributed by atoms with Crippen LogP contribution in [0.25, 0.3) is 5.76 Å². The molecule has 0 aliphatic carbocycles. The molecule has 1 unspecified atom stereocenters. The molecule has 1 saturated heterocycles. The maximum atomic E-state index is 15.0. The number of carbonyl (C=O) groups is 2. The Morgan fingerprint density at radius 2 is 1.71 bits per heavy atom. The molecule has 1 atom stereocenters. The van der Waals surface area contributed by atoms with Crippen molar-refractivity contribution in [2.45, 2.75) is 39.8 Å². The smallest absolute Gasteiger partial charge is 0.300 e. The standard InChI is InChI=1S/C28H26FNO4/c1-16(2)34-21-9-7-8-19(15-21)26(31)24-25(22-10-5-6-11-23(22)29)30(28(33)27(24)32)20-13-12-17(3)18(4)14-20/h5-16,25,31H,1-4H3/b26-24+. The van der Waals surface area contributed by atoms with Gasteiger partial charge in [0.1, 0.15) is 17.3 Å². The summed E-state index contributed by atoms with van der Waals surface area (Å²) >= 11 is 0. The Morgan fingerprint density at radius 1 is 0.971 bits per heavy atom. The summed E-state index contributed by atoms with van der Waals surface area (Å²) in [5.74, 6) is -2.16. The molecule has 1 amide bonds. The van der Waals surface area contributed by atoms with Crippen LogP contribution in [-0.4, -0.2) is 22.9 Å². The molecule has 5 nitrogen and oxygen atoms in total. The molecular formula is C28H26FNO4. The number of carbonyl (C=O) groups excluding carboxylic acids is 2. The first kappa shape index (κ1) is 23.2. The van der Waals surface area contributed by atoms with E-state index in [1.54, 1.807) is 42.5 Å². The van der Waals surface area contributed by atoms with E-state index in [4.69, 9.17) is 4.74 Å². The van der Waals surface area contributed by atoms with Crippen molar-refractivity contribution in [2.75, 3.05) is 4.90 Å². The van der Waals surface area contributed by atoms with Crippen molar-refractivity contribution in [3.8, 4) is 5.75 Å². The van der Waals surface area contributed by atoms with E-state index < -0.39 is 23.5 Å². The van der Waals surface area contributed by atoms with Gasteiger partial charge in [0.05, 0.1) is 17.7 Å². The normalized spacial score (nSPS) is 17.5. The molecule has 1 fully saturated rings. The van der Waals surface area contributed by atoms with Crippen LogP contribution in [0.2, 0.25) is 0 Å². The van der Waals surface area contributed by atoms with Crippen LogP contribution >= 0.6 is 0 Å². The van der Waals surface area contributed by atoms with Gasteiger partial charge in [-0.25, -0.2) is 4.39 Å². The van der Waals surface area contributed by atoms with Crippen LogP contribution in [0.15, 0.2) is 72.3 Å². The van der Waals surface area contributed by atoms with Gasteiger partial charge in [-0.15, -0.1) is 0 Å². The summed E-state index contributed by atoms with van der Waals surface area (Å²) < 4.78 is 20.7. The van der Waals surface area contributed by atoms with Gasteiger partial charge < -0.3 is 9.84 Å². The number of ether oxygens (including phenoxy) is 1. The number of amides is 1. The molecule has 3 aromatic rings. The summed E-state index contributed by atoms with van der Waals surface area (Å²) in [4.78, 5) is 27.7. The second kappa shape index (κ2) is 9.14. The van der Waals surface area contributed by atoms with Gasteiger partial charge in [0, 0.05) is 16.8 Å². The number of hydrogen-bond acceptors (Lipinski definition) is 4. The summed E-state index contributed by atoms with van der Waals surface area (Å²) in [6.07, 6.45) is -0.0915. The van der Waals surface area contributed by atoms with Crippen LogP contribution in [0.1, 0.15) is 42.1 Å². The second-order valence-electron chi connectivity index (χ2n) is 8.65. The molecule has 174 valence electrons. The van der Waals surface area contributed by atoms with Gasteiger partial charge in [-0.3, -0.25) is 14.5 Å². The Bertz CT molecular complexity index is 1310. The molecule has 1 aliphatic heterocycles. The topological polar surface area (TPSA) is 66.8 Å². The van der Waals surface area contributed by atoms with Crippen molar-refractivity contribution in [2.24, 2.45) is 0 Å². The van der Waals surface area contributed by atoms with E-state index in [-0.39, 0.29) is 23.0 Å². The van der Waals surface area contributed by atoms with Crippen LogP contribution in [0, 0.1) is 19.7 Å². The summed E-state index contributed by atoms with van der Waals surface area (Å²) in [5, 5.41) is 11.3. The third kappa shape index (κ3) is 4.19. The number of aryl methyl sites for hydroxylation is 2. The number of rotatable bonds is 5. The van der Waals surface area contributed by atoms with E-state index in [0.717, 1.165) is 11.1 Å². The van der Waals surface area contributed by atoms with Gasteiger partial charge in [0.15, 0.2) is 0 Å². The first-order valence-corrected chi connectivity index (χ1v) is 11.1. The van der Waals surface area contributed by atoms with Crippen LogP contribution in [-0.2, 0) is 9.59 Å². The highest BCUT2D eigenvalue weighted by Gasteiger charge is 2.47. The first-order valence-electron chi connectivity index (χ1n) is 11.1. The fourth-order valence-electron chi connectivity index (χ4n) is 4.11. The quantitative estimate of drug-likeness (QED) is 0.295. The summed E-state index contributed by atoms with van der Waals surface area (Å²) in [6, 6.07) is 16.8. The van der Waals surface area contributed by atoms with Crippen LogP contribution in [0.4, 0.5) is 10.1 Å². The largest absolute Gasteiger partial charge is 0.507 e. The number of nitrogens with zero attached hydrogens (tertiary/aromatic N) is 1. The van der Waals surface area contributed by atoms with E-state index >= 15 is 4.39 Å². The number of hydrogen-bond donors (Lipinski definition) is 1. The molecule has 0 bridgehead atoms.